The van der Waals surface area contributed by atoms with Crippen molar-refractivity contribution in [2.75, 3.05) is 13.1 Å². The van der Waals surface area contributed by atoms with Crippen molar-refractivity contribution >= 4 is 5.78 Å². The summed E-state index contributed by atoms with van der Waals surface area (Å²) in [4.78, 5) is 15.0. The Hall–Kier alpha value is -0.370. The Morgan fingerprint density at radius 3 is 2.67 bits per heavy atom. The monoisotopic (exact) mass is 291 g/mol. The van der Waals surface area contributed by atoms with Crippen LogP contribution in [0.25, 0.3) is 0 Å². The smallest absolute Gasteiger partial charge is 0.137 e. The van der Waals surface area contributed by atoms with Crippen LogP contribution in [-0.2, 0) is 4.79 Å². The van der Waals surface area contributed by atoms with E-state index in [9.17, 15) is 4.79 Å². The Morgan fingerprint density at radius 2 is 1.90 bits per heavy atom. The Bertz CT molecular complexity index is 347. The molecule has 120 valence electrons. The second-order valence-electron chi connectivity index (χ2n) is 7.84. The van der Waals surface area contributed by atoms with Gasteiger partial charge in [0.15, 0.2) is 0 Å². The fraction of sp³-hybridized carbons (Fsp3) is 0.947. The van der Waals surface area contributed by atoms with E-state index in [0.717, 1.165) is 37.3 Å². The van der Waals surface area contributed by atoms with E-state index in [1.165, 1.54) is 64.3 Å². The molecule has 0 radical (unpaired) electrons. The number of carbonyl (C=O) groups excluding carboxylic acids is 1. The topological polar surface area (TPSA) is 20.3 Å². The highest BCUT2D eigenvalue weighted by Gasteiger charge is 2.36. The first-order chi connectivity index (χ1) is 10.3. The van der Waals surface area contributed by atoms with Crippen LogP contribution in [0.15, 0.2) is 0 Å². The van der Waals surface area contributed by atoms with Gasteiger partial charge in [-0.3, -0.25) is 9.69 Å². The van der Waals surface area contributed by atoms with Gasteiger partial charge in [0.2, 0.25) is 0 Å². The Kier molecular flexibility index (Phi) is 5.37. The summed E-state index contributed by atoms with van der Waals surface area (Å²) in [5.41, 5.74) is 0. The number of nitrogens with zero attached hydrogens (tertiary/aromatic N) is 1. The number of hydrogen-bond acceptors (Lipinski definition) is 2. The molecule has 1 heterocycles. The van der Waals surface area contributed by atoms with Gasteiger partial charge in [0.1, 0.15) is 5.78 Å². The molecule has 2 nitrogen and oxygen atoms in total. The molecule has 3 aliphatic rings. The minimum atomic E-state index is 0.359. The lowest BCUT2D eigenvalue weighted by Gasteiger charge is -2.35. The number of Topliss-reactive ketones (excluding diaryl/α,β-unsaturated/α-hetero) is 1. The number of hydrogen-bond donors (Lipinski definition) is 0. The summed E-state index contributed by atoms with van der Waals surface area (Å²) < 4.78 is 0. The van der Waals surface area contributed by atoms with E-state index in [0.29, 0.717) is 11.7 Å². The van der Waals surface area contributed by atoms with Crippen LogP contribution in [0, 0.1) is 17.8 Å². The van der Waals surface area contributed by atoms with Crippen LogP contribution in [0.2, 0.25) is 0 Å². The van der Waals surface area contributed by atoms with Gasteiger partial charge in [-0.05, 0) is 56.9 Å². The largest absolute Gasteiger partial charge is 0.299 e. The highest BCUT2D eigenvalue weighted by Crippen LogP contribution is 2.37. The average Bonchev–Trinajstić information content (AvgIpc) is 3.13. The molecule has 1 saturated heterocycles. The van der Waals surface area contributed by atoms with Crippen molar-refractivity contribution < 1.29 is 4.79 Å². The van der Waals surface area contributed by atoms with Crippen LogP contribution < -0.4 is 0 Å². The van der Waals surface area contributed by atoms with Crippen LogP contribution in [0.3, 0.4) is 0 Å². The molecule has 0 bridgehead atoms. The lowest BCUT2D eigenvalue weighted by Crippen LogP contribution is -2.41. The average molecular weight is 291 g/mol. The van der Waals surface area contributed by atoms with Gasteiger partial charge in [-0.25, -0.2) is 0 Å². The normalized spacial score (nSPS) is 35.7. The molecule has 0 spiro atoms. The van der Waals surface area contributed by atoms with Crippen LogP contribution in [0.4, 0.5) is 0 Å². The summed E-state index contributed by atoms with van der Waals surface area (Å²) in [6.07, 6.45) is 14.3. The second kappa shape index (κ2) is 7.26. The quantitative estimate of drug-likeness (QED) is 0.747. The first-order valence-electron chi connectivity index (χ1n) is 9.54. The van der Waals surface area contributed by atoms with Gasteiger partial charge >= 0.3 is 0 Å². The summed E-state index contributed by atoms with van der Waals surface area (Å²) >= 11 is 0. The minimum Gasteiger partial charge on any atom is -0.299 e. The first-order valence-corrected chi connectivity index (χ1v) is 9.54. The van der Waals surface area contributed by atoms with E-state index in [4.69, 9.17) is 0 Å². The van der Waals surface area contributed by atoms with Gasteiger partial charge in [0, 0.05) is 24.9 Å². The van der Waals surface area contributed by atoms with Gasteiger partial charge in [-0.15, -0.1) is 0 Å². The molecule has 3 rings (SSSR count). The zero-order chi connectivity index (χ0) is 14.7. The zero-order valence-corrected chi connectivity index (χ0v) is 13.9. The molecule has 3 atom stereocenters. The summed E-state index contributed by atoms with van der Waals surface area (Å²) in [7, 11) is 0. The number of ketones is 1. The fourth-order valence-electron chi connectivity index (χ4n) is 5.29. The van der Waals surface area contributed by atoms with Crippen LogP contribution in [0.5, 0.6) is 0 Å². The Labute approximate surface area is 130 Å². The van der Waals surface area contributed by atoms with E-state index >= 15 is 0 Å². The predicted octanol–water partition coefficient (Wildman–Crippen LogP) is 4.43. The molecular weight excluding hydrogens is 258 g/mol. The molecule has 0 aromatic rings. The van der Waals surface area contributed by atoms with E-state index in [-0.39, 0.29) is 0 Å². The summed E-state index contributed by atoms with van der Waals surface area (Å²) in [5.74, 6) is 2.69. The van der Waals surface area contributed by atoms with Crippen LogP contribution >= 0.6 is 0 Å². The van der Waals surface area contributed by atoms with Crippen LogP contribution in [-0.4, -0.2) is 29.8 Å². The third-order valence-corrected chi connectivity index (χ3v) is 6.38. The second-order valence-corrected chi connectivity index (χ2v) is 7.84. The van der Waals surface area contributed by atoms with E-state index in [1.807, 2.05) is 0 Å². The maximum atomic E-state index is 12.3. The Balaban J connectivity index is 1.57. The molecule has 0 amide bonds. The van der Waals surface area contributed by atoms with Gasteiger partial charge in [-0.2, -0.15) is 0 Å². The van der Waals surface area contributed by atoms with Crippen molar-refractivity contribution in [3.05, 3.63) is 0 Å². The summed E-state index contributed by atoms with van der Waals surface area (Å²) in [5, 5.41) is 0. The third-order valence-electron chi connectivity index (χ3n) is 6.38. The predicted molar refractivity (Wildman–Crippen MR) is 87.3 cm³/mol. The van der Waals surface area contributed by atoms with Gasteiger partial charge < -0.3 is 0 Å². The van der Waals surface area contributed by atoms with Gasteiger partial charge in [0.05, 0.1) is 0 Å². The minimum absolute atomic E-state index is 0.359. The molecule has 3 fully saturated rings. The van der Waals surface area contributed by atoms with E-state index in [1.54, 1.807) is 0 Å². The van der Waals surface area contributed by atoms with Gasteiger partial charge in [-0.1, -0.05) is 32.6 Å². The molecule has 2 heteroatoms. The third kappa shape index (κ3) is 3.70. The summed E-state index contributed by atoms with van der Waals surface area (Å²) in [6.45, 7) is 4.62. The lowest BCUT2D eigenvalue weighted by atomic mass is 9.78. The molecule has 0 aromatic carbocycles. The fourth-order valence-corrected chi connectivity index (χ4v) is 5.29. The Morgan fingerprint density at radius 1 is 1.10 bits per heavy atom. The van der Waals surface area contributed by atoms with E-state index in [2.05, 4.69) is 11.8 Å². The maximum absolute atomic E-state index is 12.3. The highest BCUT2D eigenvalue weighted by molar-refractivity contribution is 5.82. The van der Waals surface area contributed by atoms with E-state index < -0.39 is 0 Å². The molecule has 0 aromatic heterocycles. The van der Waals surface area contributed by atoms with Crippen LogP contribution in [0.1, 0.15) is 77.6 Å². The molecule has 2 aliphatic carbocycles. The molecule has 2 saturated carbocycles. The van der Waals surface area contributed by atoms with Crippen molar-refractivity contribution in [2.45, 2.75) is 83.6 Å². The SMILES string of the molecule is CCCC1CCC(=O)C(CN2CCCC2C2CCCC2)C1. The molecule has 3 unspecified atom stereocenters. The number of carbonyl (C=O) groups is 1. The zero-order valence-electron chi connectivity index (χ0n) is 13.9. The molecule has 21 heavy (non-hydrogen) atoms. The van der Waals surface area contributed by atoms with Crippen molar-refractivity contribution in [2.24, 2.45) is 17.8 Å². The summed E-state index contributed by atoms with van der Waals surface area (Å²) in [6, 6.07) is 0.812. The van der Waals surface area contributed by atoms with Crippen molar-refractivity contribution in [1.29, 1.82) is 0 Å². The number of likely N-dealkylation sites (tertiary alicyclic amines) is 1. The number of rotatable bonds is 5. The van der Waals surface area contributed by atoms with Crippen molar-refractivity contribution in [3.63, 3.8) is 0 Å². The standard InChI is InChI=1S/C19H33NO/c1-2-6-15-10-11-19(21)17(13-15)14-20-12-5-9-18(20)16-7-3-4-8-16/h15-18H,2-14H2,1H3. The first kappa shape index (κ1) is 15.5. The highest BCUT2D eigenvalue weighted by atomic mass is 16.1. The maximum Gasteiger partial charge on any atom is 0.137 e. The van der Waals surface area contributed by atoms with Crippen molar-refractivity contribution in [3.8, 4) is 0 Å². The van der Waals surface area contributed by atoms with Gasteiger partial charge in [0.25, 0.3) is 0 Å². The molecule has 1 aliphatic heterocycles. The molecule has 0 N–H and O–H groups in total. The van der Waals surface area contributed by atoms with Crippen molar-refractivity contribution in [1.82, 2.24) is 4.90 Å². The lowest BCUT2D eigenvalue weighted by molar-refractivity contribution is -0.126. The molecular formula is C19H33NO.